The van der Waals surface area contributed by atoms with Gasteiger partial charge in [-0.2, -0.15) is 0 Å². The molecule has 0 atom stereocenters. The molecule has 0 saturated carbocycles. The van der Waals surface area contributed by atoms with Crippen LogP contribution < -0.4 is 9.47 Å². The Morgan fingerprint density at radius 3 is 2.71 bits per heavy atom. The van der Waals surface area contributed by atoms with Crippen LogP contribution in [0.15, 0.2) is 30.2 Å². The summed E-state index contributed by atoms with van der Waals surface area (Å²) in [5.74, 6) is 1.60. The lowest BCUT2D eigenvalue weighted by Gasteiger charge is -2.19. The van der Waals surface area contributed by atoms with Crippen LogP contribution >= 0.6 is 11.3 Å². The van der Waals surface area contributed by atoms with Gasteiger partial charge in [-0.25, -0.2) is 4.98 Å². The summed E-state index contributed by atoms with van der Waals surface area (Å²) >= 11 is 1.69. The van der Waals surface area contributed by atoms with Gasteiger partial charge in [0.1, 0.15) is 0 Å². The molecule has 0 fully saturated rings. The van der Waals surface area contributed by atoms with Crippen molar-refractivity contribution < 1.29 is 9.47 Å². The summed E-state index contributed by atoms with van der Waals surface area (Å²) in [6.45, 7) is 10.1. The SMILES string of the molecule is C=CCc1cc(CN(C)Cc2csc(C)n2)cc(OC)c1OCC. The zero-order valence-corrected chi connectivity index (χ0v) is 15.8. The molecule has 2 rings (SSSR count). The van der Waals surface area contributed by atoms with Crippen LogP contribution in [0, 0.1) is 6.92 Å². The maximum atomic E-state index is 5.77. The van der Waals surface area contributed by atoms with Crippen molar-refractivity contribution in [1.29, 1.82) is 0 Å². The second kappa shape index (κ2) is 8.85. The van der Waals surface area contributed by atoms with Gasteiger partial charge in [0, 0.05) is 24.0 Å². The third kappa shape index (κ3) is 4.82. The predicted molar refractivity (Wildman–Crippen MR) is 100 cm³/mol. The second-order valence-electron chi connectivity index (χ2n) is 5.74. The van der Waals surface area contributed by atoms with Gasteiger partial charge in [0.15, 0.2) is 11.5 Å². The molecular formula is C19H26N2O2S. The van der Waals surface area contributed by atoms with E-state index in [0.29, 0.717) is 6.61 Å². The molecule has 0 bridgehead atoms. The van der Waals surface area contributed by atoms with Crippen LogP contribution in [0.4, 0.5) is 0 Å². The normalized spacial score (nSPS) is 10.9. The molecule has 2 aromatic rings. The molecule has 130 valence electrons. The van der Waals surface area contributed by atoms with Gasteiger partial charge in [-0.1, -0.05) is 12.1 Å². The molecule has 0 amide bonds. The number of methoxy groups -OCH3 is 1. The second-order valence-corrected chi connectivity index (χ2v) is 6.80. The number of aryl methyl sites for hydroxylation is 1. The Labute approximate surface area is 148 Å². The highest BCUT2D eigenvalue weighted by Gasteiger charge is 2.14. The standard InChI is InChI=1S/C19H26N2O2S/c1-6-8-16-9-15(10-18(22-5)19(16)23-7-2)11-21(4)12-17-13-24-14(3)20-17/h6,9-10,13H,1,7-8,11-12H2,2-5H3. The summed E-state index contributed by atoms with van der Waals surface area (Å²) in [6.07, 6.45) is 2.65. The van der Waals surface area contributed by atoms with Gasteiger partial charge in [0.05, 0.1) is 24.4 Å². The first kappa shape index (κ1) is 18.5. The van der Waals surface area contributed by atoms with Gasteiger partial charge in [0.25, 0.3) is 0 Å². The minimum Gasteiger partial charge on any atom is -0.493 e. The minimum atomic E-state index is 0.614. The zero-order valence-electron chi connectivity index (χ0n) is 15.0. The fraction of sp³-hybridized carbons (Fsp3) is 0.421. The largest absolute Gasteiger partial charge is 0.493 e. The zero-order chi connectivity index (χ0) is 17.5. The van der Waals surface area contributed by atoms with Gasteiger partial charge in [-0.3, -0.25) is 4.90 Å². The summed E-state index contributed by atoms with van der Waals surface area (Å²) in [4.78, 5) is 6.78. The molecule has 0 unspecified atom stereocenters. The van der Waals surface area contributed by atoms with E-state index in [4.69, 9.17) is 9.47 Å². The molecule has 0 saturated heterocycles. The lowest BCUT2D eigenvalue weighted by molar-refractivity contribution is 0.302. The topological polar surface area (TPSA) is 34.6 Å². The number of ether oxygens (including phenoxy) is 2. The molecule has 0 aliphatic rings. The molecule has 0 aliphatic carbocycles. The Kier molecular flexibility index (Phi) is 6.82. The van der Waals surface area contributed by atoms with Crippen LogP contribution in [-0.4, -0.2) is 30.6 Å². The van der Waals surface area contributed by atoms with Crippen LogP contribution in [0.1, 0.15) is 28.8 Å². The van der Waals surface area contributed by atoms with Gasteiger partial charge < -0.3 is 9.47 Å². The van der Waals surface area contributed by atoms with E-state index in [0.717, 1.165) is 47.3 Å². The highest BCUT2D eigenvalue weighted by atomic mass is 32.1. The molecule has 0 spiro atoms. The number of hydrogen-bond donors (Lipinski definition) is 0. The van der Waals surface area contributed by atoms with Crippen molar-refractivity contribution >= 4 is 11.3 Å². The molecule has 24 heavy (non-hydrogen) atoms. The van der Waals surface area contributed by atoms with Crippen LogP contribution in [0.5, 0.6) is 11.5 Å². The first-order valence-electron chi connectivity index (χ1n) is 8.10. The lowest BCUT2D eigenvalue weighted by Crippen LogP contribution is -2.17. The Balaban J connectivity index is 2.19. The summed E-state index contributed by atoms with van der Waals surface area (Å²) in [6, 6.07) is 4.23. The molecule has 4 nitrogen and oxygen atoms in total. The molecular weight excluding hydrogens is 320 g/mol. The van der Waals surface area contributed by atoms with Crippen LogP contribution in [-0.2, 0) is 19.5 Å². The number of thiazole rings is 1. The van der Waals surface area contributed by atoms with E-state index < -0.39 is 0 Å². The Bertz CT molecular complexity index is 682. The molecule has 0 N–H and O–H groups in total. The van der Waals surface area contributed by atoms with E-state index in [9.17, 15) is 0 Å². The maximum absolute atomic E-state index is 5.77. The first-order chi connectivity index (χ1) is 11.6. The smallest absolute Gasteiger partial charge is 0.164 e. The number of hydrogen-bond acceptors (Lipinski definition) is 5. The Morgan fingerprint density at radius 2 is 2.12 bits per heavy atom. The van der Waals surface area contributed by atoms with Gasteiger partial charge in [0.2, 0.25) is 0 Å². The summed E-state index contributed by atoms with van der Waals surface area (Å²) in [5, 5.41) is 3.22. The lowest BCUT2D eigenvalue weighted by atomic mass is 10.0. The van der Waals surface area contributed by atoms with Crippen molar-refractivity contribution in [3.8, 4) is 11.5 Å². The highest BCUT2D eigenvalue weighted by molar-refractivity contribution is 7.09. The van der Waals surface area contributed by atoms with Crippen molar-refractivity contribution in [2.24, 2.45) is 0 Å². The highest BCUT2D eigenvalue weighted by Crippen LogP contribution is 2.34. The molecule has 5 heteroatoms. The number of rotatable bonds is 9. The van der Waals surface area contributed by atoms with E-state index >= 15 is 0 Å². The summed E-state index contributed by atoms with van der Waals surface area (Å²) in [7, 11) is 3.78. The molecule has 1 aromatic heterocycles. The van der Waals surface area contributed by atoms with Crippen molar-refractivity contribution in [2.75, 3.05) is 20.8 Å². The summed E-state index contributed by atoms with van der Waals surface area (Å²) < 4.78 is 11.3. The Morgan fingerprint density at radius 1 is 1.33 bits per heavy atom. The fourth-order valence-electron chi connectivity index (χ4n) is 2.71. The van der Waals surface area contributed by atoms with E-state index in [1.165, 1.54) is 5.56 Å². The maximum Gasteiger partial charge on any atom is 0.164 e. The number of nitrogens with zero attached hydrogens (tertiary/aromatic N) is 2. The molecule has 1 aromatic carbocycles. The molecule has 0 radical (unpaired) electrons. The van der Waals surface area contributed by atoms with Crippen LogP contribution in [0.25, 0.3) is 0 Å². The molecule has 0 aliphatic heterocycles. The summed E-state index contributed by atoms with van der Waals surface area (Å²) in [5.41, 5.74) is 3.42. The van der Waals surface area contributed by atoms with Crippen molar-refractivity contribution in [3.05, 3.63) is 52.0 Å². The van der Waals surface area contributed by atoms with Gasteiger partial charge in [-0.05, 0) is 38.9 Å². The van der Waals surface area contributed by atoms with Gasteiger partial charge >= 0.3 is 0 Å². The van der Waals surface area contributed by atoms with Crippen LogP contribution in [0.2, 0.25) is 0 Å². The number of aromatic nitrogens is 1. The van der Waals surface area contributed by atoms with Crippen molar-refractivity contribution in [2.45, 2.75) is 33.4 Å². The number of allylic oxidation sites excluding steroid dienone is 1. The third-order valence-electron chi connectivity index (χ3n) is 3.62. The van der Waals surface area contributed by atoms with E-state index in [1.807, 2.05) is 19.9 Å². The van der Waals surface area contributed by atoms with E-state index in [1.54, 1.807) is 18.4 Å². The third-order valence-corrected chi connectivity index (χ3v) is 4.44. The molecule has 1 heterocycles. The van der Waals surface area contributed by atoms with Crippen LogP contribution in [0.3, 0.4) is 0 Å². The van der Waals surface area contributed by atoms with Crippen molar-refractivity contribution in [1.82, 2.24) is 9.88 Å². The predicted octanol–water partition coefficient (Wildman–Crippen LogP) is 4.22. The van der Waals surface area contributed by atoms with E-state index in [-0.39, 0.29) is 0 Å². The monoisotopic (exact) mass is 346 g/mol. The van der Waals surface area contributed by atoms with E-state index in [2.05, 4.69) is 41.0 Å². The fourth-order valence-corrected chi connectivity index (χ4v) is 3.31. The van der Waals surface area contributed by atoms with Crippen molar-refractivity contribution in [3.63, 3.8) is 0 Å². The number of benzene rings is 1. The average Bonchev–Trinajstić information content (AvgIpc) is 2.94. The Hall–Kier alpha value is -1.85. The van der Waals surface area contributed by atoms with Gasteiger partial charge in [-0.15, -0.1) is 17.9 Å². The first-order valence-corrected chi connectivity index (χ1v) is 8.98. The average molecular weight is 346 g/mol. The quantitative estimate of drug-likeness (QED) is 0.637. The minimum absolute atomic E-state index is 0.614.